The van der Waals surface area contributed by atoms with Gasteiger partial charge >= 0.3 is 21.1 Å². The molecular formula is C52H104MoN4S8. The summed E-state index contributed by atoms with van der Waals surface area (Å²) >= 11 is 41.2. The van der Waals surface area contributed by atoms with Crippen LogP contribution >= 0.6 is 48.9 Å². The summed E-state index contributed by atoms with van der Waals surface area (Å²) in [6.45, 7) is 35.3. The third kappa shape index (κ3) is 48.5. The Kier molecular flexibility index (Phi) is 64.7. The van der Waals surface area contributed by atoms with Crippen LogP contribution in [0.2, 0.25) is 0 Å². The van der Waals surface area contributed by atoms with Crippen LogP contribution < -0.4 is 0 Å². The van der Waals surface area contributed by atoms with Crippen LogP contribution in [-0.4, -0.2) is 89.2 Å². The predicted octanol–water partition coefficient (Wildman–Crippen LogP) is 16.5. The summed E-state index contributed by atoms with van der Waals surface area (Å²) in [5.74, 6) is 3.05. The molecule has 65 heavy (non-hydrogen) atoms. The van der Waals surface area contributed by atoms with Crippen LogP contribution in [0.25, 0.3) is 0 Å². The Hall–Kier alpha value is 1.13. The van der Waals surface area contributed by atoms with Crippen molar-refractivity contribution in [1.82, 2.24) is 19.6 Å². The first-order chi connectivity index (χ1) is 30.6. The molecule has 0 saturated heterocycles. The SMILES string of the molecule is CCCCC(CC)CN(CCCC)C(=S)[S-].CCCCC(CC)CN(CCCC)C(=S)[S-].CCCCC(CC)CN(CCCC)C(=S)[S-].CCCCC(CC)CN(CCCC)C(=S)[S-].[Mo+4]. The van der Waals surface area contributed by atoms with Gasteiger partial charge in [0, 0.05) is 52.4 Å². The fraction of sp³-hybridized carbons (Fsp3) is 0.923. The van der Waals surface area contributed by atoms with Crippen molar-refractivity contribution in [3.8, 4) is 0 Å². The topological polar surface area (TPSA) is 13.0 Å². The fourth-order valence-corrected chi connectivity index (χ4v) is 8.67. The zero-order chi connectivity index (χ0) is 49.6. The molecule has 0 aliphatic rings. The number of hydrogen-bond acceptors (Lipinski definition) is 8. The Morgan fingerprint density at radius 1 is 0.308 bits per heavy atom. The molecule has 0 heterocycles. The number of hydrogen-bond donors (Lipinski definition) is 0. The van der Waals surface area contributed by atoms with Gasteiger partial charge in [-0.3, -0.25) is 0 Å². The number of rotatable bonds is 36. The molecule has 0 fully saturated rings. The molecule has 0 amide bonds. The van der Waals surface area contributed by atoms with Gasteiger partial charge in [-0.05, 0) is 75.0 Å². The third-order valence-corrected chi connectivity index (χ3v) is 14.3. The molecule has 13 heteroatoms. The average molecular weight is 1140 g/mol. The molecule has 0 spiro atoms. The Morgan fingerprint density at radius 2 is 0.462 bits per heavy atom. The molecule has 4 unspecified atom stereocenters. The van der Waals surface area contributed by atoms with Gasteiger partial charge in [0.1, 0.15) is 0 Å². The summed E-state index contributed by atoms with van der Waals surface area (Å²) in [5.41, 5.74) is 0. The van der Waals surface area contributed by atoms with Crippen molar-refractivity contribution in [2.45, 2.75) is 237 Å². The zero-order valence-electron chi connectivity index (χ0n) is 44.4. The van der Waals surface area contributed by atoms with E-state index in [1.165, 1.54) is 154 Å². The largest absolute Gasteiger partial charge is 4.00 e. The first-order valence-corrected chi connectivity index (χ1v) is 29.7. The van der Waals surface area contributed by atoms with Crippen molar-refractivity contribution in [2.24, 2.45) is 23.7 Å². The van der Waals surface area contributed by atoms with E-state index < -0.39 is 0 Å². The minimum Gasteiger partial charge on any atom is -0.411 e. The maximum absolute atomic E-state index is 5.15. The van der Waals surface area contributed by atoms with Gasteiger partial charge < -0.3 is 119 Å². The summed E-state index contributed by atoms with van der Waals surface area (Å²) in [7, 11) is 0. The van der Waals surface area contributed by atoms with E-state index in [-0.39, 0.29) is 21.1 Å². The molecule has 0 aliphatic heterocycles. The first-order valence-electron chi connectivity index (χ1n) is 26.4. The second-order valence-corrected chi connectivity index (χ2v) is 22.1. The Balaban J connectivity index is -0.000000245. The summed E-state index contributed by atoms with van der Waals surface area (Å²) in [4.78, 5) is 8.88. The first kappa shape index (κ1) is 75.1. The third-order valence-electron chi connectivity index (χ3n) is 12.2. The molecule has 0 aromatic carbocycles. The van der Waals surface area contributed by atoms with Crippen molar-refractivity contribution in [1.29, 1.82) is 0 Å². The second-order valence-electron chi connectivity index (χ2n) is 17.9. The zero-order valence-corrected chi connectivity index (χ0v) is 52.9. The molecule has 0 N–H and O–H groups in total. The van der Waals surface area contributed by atoms with Gasteiger partial charge in [-0.15, -0.1) is 0 Å². The van der Waals surface area contributed by atoms with Crippen molar-refractivity contribution >= 4 is 117 Å². The molecule has 0 radical (unpaired) electrons. The maximum atomic E-state index is 5.15. The van der Waals surface area contributed by atoms with Gasteiger partial charge in [-0.25, -0.2) is 0 Å². The van der Waals surface area contributed by atoms with E-state index in [0.717, 1.165) is 76.0 Å². The second kappa shape index (κ2) is 56.0. The summed E-state index contributed by atoms with van der Waals surface area (Å²) in [5, 5.41) is 0. The standard InChI is InChI=1S/4C13H27NS2.Mo/c4*1-4-7-9-12(6-3)11-14(13(15)16)10-8-5-2;/h4*12H,4-11H2,1-3H3,(H,15,16);/q;;;;+4/p-4. The van der Waals surface area contributed by atoms with E-state index in [9.17, 15) is 0 Å². The molecular weight excluding hydrogens is 1030 g/mol. The van der Waals surface area contributed by atoms with Crippen LogP contribution in [0.4, 0.5) is 0 Å². The molecule has 0 aromatic heterocycles. The minimum absolute atomic E-state index is 0. The van der Waals surface area contributed by atoms with Crippen molar-refractivity contribution in [3.05, 3.63) is 0 Å². The molecule has 4 nitrogen and oxygen atoms in total. The smallest absolute Gasteiger partial charge is 0.411 e. The maximum Gasteiger partial charge on any atom is 4.00 e. The van der Waals surface area contributed by atoms with Crippen molar-refractivity contribution in [2.75, 3.05) is 52.4 Å². The van der Waals surface area contributed by atoms with Crippen molar-refractivity contribution in [3.63, 3.8) is 0 Å². The molecule has 0 saturated carbocycles. The van der Waals surface area contributed by atoms with Gasteiger partial charge in [0.25, 0.3) is 0 Å². The summed E-state index contributed by atoms with van der Waals surface area (Å²) < 4.78 is 2.62. The normalized spacial score (nSPS) is 12.2. The van der Waals surface area contributed by atoms with Crippen LogP contribution in [0, 0.1) is 23.7 Å². The number of thiocarbonyl (C=S) groups is 4. The van der Waals surface area contributed by atoms with Gasteiger partial charge in [0.2, 0.25) is 0 Å². The van der Waals surface area contributed by atoms with Crippen LogP contribution in [0.3, 0.4) is 0 Å². The van der Waals surface area contributed by atoms with Gasteiger partial charge in [-0.2, -0.15) is 0 Å². The molecule has 0 aromatic rings. The van der Waals surface area contributed by atoms with E-state index in [0.29, 0.717) is 17.3 Å². The van der Waals surface area contributed by atoms with E-state index >= 15 is 0 Å². The molecule has 0 bridgehead atoms. The van der Waals surface area contributed by atoms with Gasteiger partial charge in [0.15, 0.2) is 0 Å². The number of nitrogens with zero attached hydrogens (tertiary/aromatic N) is 4. The predicted molar refractivity (Wildman–Crippen MR) is 319 cm³/mol. The summed E-state index contributed by atoms with van der Waals surface area (Å²) in [6.07, 6.45) is 30.2. The molecule has 4 atom stereocenters. The van der Waals surface area contributed by atoms with E-state index in [1.807, 2.05) is 0 Å². The molecule has 386 valence electrons. The van der Waals surface area contributed by atoms with Gasteiger partial charge in [-0.1, -0.05) is 203 Å². The Bertz CT molecular complexity index is 899. The molecule has 0 aliphatic carbocycles. The quantitative estimate of drug-likeness (QED) is 0.0337. The van der Waals surface area contributed by atoms with E-state index in [1.54, 1.807) is 0 Å². The van der Waals surface area contributed by atoms with Crippen molar-refractivity contribution < 1.29 is 21.1 Å². The Labute approximate surface area is 466 Å². The fourth-order valence-electron chi connectivity index (χ4n) is 7.34. The Morgan fingerprint density at radius 3 is 0.569 bits per heavy atom. The van der Waals surface area contributed by atoms with Crippen LogP contribution in [-0.2, 0) is 71.6 Å². The number of unbranched alkanes of at least 4 members (excludes halogenated alkanes) is 8. The van der Waals surface area contributed by atoms with Gasteiger partial charge in [0.05, 0.1) is 0 Å². The van der Waals surface area contributed by atoms with E-state index in [2.05, 4.69) is 103 Å². The van der Waals surface area contributed by atoms with E-state index in [4.69, 9.17) is 99.4 Å². The monoisotopic (exact) mass is 1140 g/mol. The van der Waals surface area contributed by atoms with Crippen LogP contribution in [0.5, 0.6) is 0 Å². The molecule has 0 rings (SSSR count). The minimum atomic E-state index is 0. The van der Waals surface area contributed by atoms with Crippen LogP contribution in [0.1, 0.15) is 237 Å². The average Bonchev–Trinajstić information content (AvgIpc) is 3.28. The van der Waals surface area contributed by atoms with Crippen LogP contribution in [0.15, 0.2) is 0 Å². The summed E-state index contributed by atoms with van der Waals surface area (Å²) in [6, 6.07) is 0.